The molecule has 2 amide bonds. The summed E-state index contributed by atoms with van der Waals surface area (Å²) in [7, 11) is 0. The number of ether oxygens (including phenoxy) is 1. The largest absolute Gasteiger partial charge is 0.378 e. The van der Waals surface area contributed by atoms with E-state index in [-0.39, 0.29) is 5.91 Å². The van der Waals surface area contributed by atoms with Gasteiger partial charge in [0.05, 0.1) is 13.2 Å². The molecule has 2 aromatic carbocycles. The van der Waals surface area contributed by atoms with Gasteiger partial charge in [0, 0.05) is 35.1 Å². The molecule has 2 aliphatic rings. The Hall–Kier alpha value is -2.61. The standard InChI is InChI=1S/C20H20ClN3O4/c21-13-6-7-15-16(12-13)23-19(26)20(15,27)17(22-14-4-2-1-3-5-14)18(25)24-8-10-28-11-9-24/h1-7,12,17,22,27H,8-11H2,(H,23,26). The van der Waals surface area contributed by atoms with Gasteiger partial charge in [-0.25, -0.2) is 0 Å². The molecule has 1 saturated heterocycles. The van der Waals surface area contributed by atoms with Crippen LogP contribution in [0.2, 0.25) is 5.02 Å². The van der Waals surface area contributed by atoms with Crippen molar-refractivity contribution in [1.82, 2.24) is 4.90 Å². The van der Waals surface area contributed by atoms with E-state index in [4.69, 9.17) is 16.3 Å². The van der Waals surface area contributed by atoms with Crippen molar-refractivity contribution in [2.45, 2.75) is 11.6 Å². The van der Waals surface area contributed by atoms with Gasteiger partial charge < -0.3 is 25.4 Å². The summed E-state index contributed by atoms with van der Waals surface area (Å²) in [6, 6.07) is 12.5. The maximum absolute atomic E-state index is 13.4. The first-order chi connectivity index (χ1) is 13.5. The Labute approximate surface area is 167 Å². The van der Waals surface area contributed by atoms with Gasteiger partial charge in [-0.05, 0) is 24.3 Å². The van der Waals surface area contributed by atoms with E-state index >= 15 is 0 Å². The summed E-state index contributed by atoms with van der Waals surface area (Å²) in [5, 5.41) is 17.7. The van der Waals surface area contributed by atoms with Crippen LogP contribution in [0.15, 0.2) is 48.5 Å². The fraction of sp³-hybridized carbons (Fsp3) is 0.300. The second-order valence-electron chi connectivity index (χ2n) is 6.79. The number of morpholine rings is 1. The number of benzene rings is 2. The number of aliphatic hydroxyl groups is 1. The molecule has 2 aromatic rings. The molecular weight excluding hydrogens is 382 g/mol. The number of fused-ring (bicyclic) bond motifs is 1. The van der Waals surface area contributed by atoms with Crippen LogP contribution >= 0.6 is 11.6 Å². The number of carbonyl (C=O) groups is 2. The number of hydrogen-bond donors (Lipinski definition) is 3. The van der Waals surface area contributed by atoms with Gasteiger partial charge in [0.1, 0.15) is 6.04 Å². The van der Waals surface area contributed by atoms with Gasteiger partial charge in [-0.3, -0.25) is 9.59 Å². The van der Waals surface area contributed by atoms with Crippen molar-refractivity contribution < 1.29 is 19.4 Å². The predicted molar refractivity (Wildman–Crippen MR) is 105 cm³/mol. The number of hydrogen-bond acceptors (Lipinski definition) is 5. The molecule has 8 heteroatoms. The van der Waals surface area contributed by atoms with Crippen LogP contribution in [0.4, 0.5) is 11.4 Å². The molecule has 4 rings (SSSR count). The monoisotopic (exact) mass is 401 g/mol. The van der Waals surface area contributed by atoms with E-state index in [0.29, 0.717) is 48.3 Å². The summed E-state index contributed by atoms with van der Waals surface area (Å²) in [6.45, 7) is 1.63. The Morgan fingerprint density at radius 3 is 2.64 bits per heavy atom. The minimum absolute atomic E-state index is 0.317. The van der Waals surface area contributed by atoms with E-state index in [0.717, 1.165) is 0 Å². The van der Waals surface area contributed by atoms with Crippen LogP contribution in [0, 0.1) is 0 Å². The summed E-state index contributed by atoms with van der Waals surface area (Å²) in [6.07, 6.45) is 0. The number of anilines is 2. The number of amides is 2. The molecule has 0 aromatic heterocycles. The summed E-state index contributed by atoms with van der Waals surface area (Å²) in [4.78, 5) is 27.8. The van der Waals surface area contributed by atoms with Gasteiger partial charge >= 0.3 is 0 Å². The Morgan fingerprint density at radius 2 is 1.93 bits per heavy atom. The second kappa shape index (κ2) is 7.43. The average Bonchev–Trinajstić information content (AvgIpc) is 2.97. The quantitative estimate of drug-likeness (QED) is 0.727. The Bertz CT molecular complexity index is 902. The highest BCUT2D eigenvalue weighted by Gasteiger charge is 2.55. The van der Waals surface area contributed by atoms with E-state index in [2.05, 4.69) is 10.6 Å². The lowest BCUT2D eigenvalue weighted by Crippen LogP contribution is -2.59. The first kappa shape index (κ1) is 18.7. The molecule has 7 nitrogen and oxygen atoms in total. The number of para-hydroxylation sites is 1. The Kier molecular flexibility index (Phi) is 4.97. The SMILES string of the molecule is O=C(C(Nc1ccccc1)C1(O)C(=O)Nc2cc(Cl)ccc21)N1CCOCC1. The van der Waals surface area contributed by atoms with Crippen molar-refractivity contribution in [1.29, 1.82) is 0 Å². The van der Waals surface area contributed by atoms with E-state index in [9.17, 15) is 14.7 Å². The van der Waals surface area contributed by atoms with Crippen LogP contribution in [0.5, 0.6) is 0 Å². The molecule has 0 radical (unpaired) electrons. The minimum atomic E-state index is -2.08. The van der Waals surface area contributed by atoms with Gasteiger partial charge in [0.15, 0.2) is 5.60 Å². The highest BCUT2D eigenvalue weighted by atomic mass is 35.5. The first-order valence-electron chi connectivity index (χ1n) is 9.02. The molecule has 3 N–H and O–H groups in total. The van der Waals surface area contributed by atoms with Gasteiger partial charge in [-0.1, -0.05) is 35.9 Å². The van der Waals surface area contributed by atoms with Crippen LogP contribution < -0.4 is 10.6 Å². The summed E-state index contributed by atoms with van der Waals surface area (Å²) >= 11 is 6.02. The van der Waals surface area contributed by atoms with Gasteiger partial charge in [0.25, 0.3) is 5.91 Å². The van der Waals surface area contributed by atoms with Crippen molar-refractivity contribution >= 4 is 34.8 Å². The zero-order chi connectivity index (χ0) is 19.7. The Balaban J connectivity index is 1.76. The van der Waals surface area contributed by atoms with Crippen LogP contribution in [-0.2, 0) is 19.9 Å². The zero-order valence-corrected chi connectivity index (χ0v) is 15.8. The topological polar surface area (TPSA) is 90.9 Å². The van der Waals surface area contributed by atoms with Crippen molar-refractivity contribution in [3.63, 3.8) is 0 Å². The third-order valence-electron chi connectivity index (χ3n) is 5.06. The normalized spacial score (nSPS) is 22.4. The van der Waals surface area contributed by atoms with E-state index in [1.807, 2.05) is 18.2 Å². The number of rotatable bonds is 4. The molecule has 2 unspecified atom stereocenters. The fourth-order valence-electron chi connectivity index (χ4n) is 3.59. The molecule has 0 aliphatic carbocycles. The maximum atomic E-state index is 13.4. The van der Waals surface area contributed by atoms with Gasteiger partial charge in [-0.2, -0.15) is 0 Å². The average molecular weight is 402 g/mol. The molecule has 0 bridgehead atoms. The molecule has 146 valence electrons. The number of halogens is 1. The second-order valence-corrected chi connectivity index (χ2v) is 7.23. The lowest BCUT2D eigenvalue weighted by Gasteiger charge is -2.36. The smallest absolute Gasteiger partial charge is 0.263 e. The van der Waals surface area contributed by atoms with Crippen LogP contribution in [0.3, 0.4) is 0 Å². The molecule has 2 heterocycles. The molecule has 2 atom stereocenters. The minimum Gasteiger partial charge on any atom is -0.378 e. The Morgan fingerprint density at radius 1 is 1.21 bits per heavy atom. The molecule has 0 spiro atoms. The molecular formula is C20H20ClN3O4. The maximum Gasteiger partial charge on any atom is 0.263 e. The van der Waals surface area contributed by atoms with Crippen molar-refractivity contribution in [3.8, 4) is 0 Å². The predicted octanol–water partition coefficient (Wildman–Crippen LogP) is 1.82. The lowest BCUT2D eigenvalue weighted by atomic mass is 9.86. The third kappa shape index (κ3) is 3.22. The van der Waals surface area contributed by atoms with Crippen molar-refractivity contribution in [2.24, 2.45) is 0 Å². The number of nitrogens with one attached hydrogen (secondary N) is 2. The lowest BCUT2D eigenvalue weighted by molar-refractivity contribution is -0.150. The zero-order valence-electron chi connectivity index (χ0n) is 15.0. The van der Waals surface area contributed by atoms with E-state index < -0.39 is 17.6 Å². The van der Waals surface area contributed by atoms with Crippen LogP contribution in [0.25, 0.3) is 0 Å². The summed E-state index contributed by atoms with van der Waals surface area (Å²) in [5.74, 6) is -1.03. The first-order valence-corrected chi connectivity index (χ1v) is 9.40. The van der Waals surface area contributed by atoms with Gasteiger partial charge in [0.2, 0.25) is 5.91 Å². The highest BCUT2D eigenvalue weighted by molar-refractivity contribution is 6.31. The van der Waals surface area contributed by atoms with Gasteiger partial charge in [-0.15, -0.1) is 0 Å². The molecule has 0 saturated carbocycles. The van der Waals surface area contributed by atoms with E-state index in [1.54, 1.807) is 35.2 Å². The molecule has 1 fully saturated rings. The van der Waals surface area contributed by atoms with Crippen molar-refractivity contribution in [2.75, 3.05) is 36.9 Å². The molecule has 2 aliphatic heterocycles. The summed E-state index contributed by atoms with van der Waals surface area (Å²) in [5.41, 5.74) is -0.741. The fourth-order valence-corrected chi connectivity index (χ4v) is 3.76. The van der Waals surface area contributed by atoms with E-state index in [1.165, 1.54) is 0 Å². The number of nitrogens with zero attached hydrogens (tertiary/aromatic N) is 1. The van der Waals surface area contributed by atoms with Crippen LogP contribution in [-0.4, -0.2) is 54.2 Å². The third-order valence-corrected chi connectivity index (χ3v) is 5.29. The molecule has 28 heavy (non-hydrogen) atoms. The summed E-state index contributed by atoms with van der Waals surface area (Å²) < 4.78 is 5.32. The highest BCUT2D eigenvalue weighted by Crippen LogP contribution is 2.41. The van der Waals surface area contributed by atoms with Crippen LogP contribution in [0.1, 0.15) is 5.56 Å². The van der Waals surface area contributed by atoms with Crippen molar-refractivity contribution in [3.05, 3.63) is 59.1 Å². The number of carbonyl (C=O) groups excluding carboxylic acids is 2.